The smallest absolute Gasteiger partial charge is 0.126 e. The molecule has 1 aliphatic rings. The average molecular weight is 451 g/mol. The Kier molecular flexibility index (Phi) is 7.87. The first-order valence-corrected chi connectivity index (χ1v) is 13.3. The molecule has 0 saturated carbocycles. The lowest BCUT2D eigenvalue weighted by Crippen LogP contribution is -2.35. The summed E-state index contributed by atoms with van der Waals surface area (Å²) in [6.45, 7) is 16.1. The van der Waals surface area contributed by atoms with Crippen molar-refractivity contribution in [2.24, 2.45) is 10.8 Å². The van der Waals surface area contributed by atoms with E-state index >= 15 is 0 Å². The van der Waals surface area contributed by atoms with Gasteiger partial charge in [0, 0.05) is 28.9 Å². The first-order chi connectivity index (χ1) is 15.7. The largest absolute Gasteiger partial charge is 0.507 e. The third kappa shape index (κ3) is 4.43. The monoisotopic (exact) mass is 450 g/mol. The van der Waals surface area contributed by atoms with Gasteiger partial charge in [0.15, 0.2) is 0 Å². The minimum absolute atomic E-state index is 0.0282. The van der Waals surface area contributed by atoms with Crippen LogP contribution in [0, 0.1) is 10.8 Å². The Balaban J connectivity index is 2.25. The molecule has 2 nitrogen and oxygen atoms in total. The Morgan fingerprint density at radius 2 is 1.42 bits per heavy atom. The summed E-state index contributed by atoms with van der Waals surface area (Å²) in [5, 5.41) is 23.2. The number of phenolic OH excluding ortho intramolecular Hbond substituents is 2. The Morgan fingerprint density at radius 1 is 0.818 bits per heavy atom. The van der Waals surface area contributed by atoms with E-state index in [4.69, 9.17) is 0 Å². The highest BCUT2D eigenvalue weighted by molar-refractivity contribution is 5.64. The minimum Gasteiger partial charge on any atom is -0.507 e. The first-order valence-electron chi connectivity index (χ1n) is 13.3. The molecule has 1 aliphatic carbocycles. The van der Waals surface area contributed by atoms with Crippen molar-refractivity contribution in [3.8, 4) is 11.5 Å². The standard InChI is InChI=1S/C31H46O2/c1-8-12-19-31(7,11-4)26-24-20-23(21(5)22-16-14-13-15-17-22)28(32)25(29(24)33)27(26)30(6,10-3)18-9-2/h13-17,20-21,26-27,32-33H,8-12,18-19H2,1-7H3. The second-order valence-corrected chi connectivity index (χ2v) is 11.1. The van der Waals surface area contributed by atoms with Crippen molar-refractivity contribution >= 4 is 0 Å². The Morgan fingerprint density at radius 3 is 1.97 bits per heavy atom. The zero-order valence-corrected chi connectivity index (χ0v) is 22.0. The lowest BCUT2D eigenvalue weighted by atomic mass is 9.57. The Labute approximate surface area is 202 Å². The van der Waals surface area contributed by atoms with Crippen LogP contribution in [0.1, 0.15) is 133 Å². The van der Waals surface area contributed by atoms with E-state index in [2.05, 4.69) is 78.8 Å². The molecule has 0 heterocycles. The summed E-state index contributed by atoms with van der Waals surface area (Å²) >= 11 is 0. The van der Waals surface area contributed by atoms with Crippen LogP contribution in [0.2, 0.25) is 0 Å². The maximum atomic E-state index is 11.7. The van der Waals surface area contributed by atoms with E-state index in [1.807, 2.05) is 6.07 Å². The molecule has 2 bridgehead atoms. The number of hydrogen-bond donors (Lipinski definition) is 2. The normalized spacial score (nSPS) is 22.0. The van der Waals surface area contributed by atoms with Gasteiger partial charge in [-0.3, -0.25) is 0 Å². The molecule has 5 unspecified atom stereocenters. The van der Waals surface area contributed by atoms with E-state index in [0.717, 1.165) is 48.8 Å². The number of rotatable bonds is 11. The summed E-state index contributed by atoms with van der Waals surface area (Å²) in [4.78, 5) is 0. The van der Waals surface area contributed by atoms with Gasteiger partial charge in [-0.1, -0.05) is 111 Å². The highest BCUT2D eigenvalue weighted by atomic mass is 16.3. The molecule has 5 atom stereocenters. The fourth-order valence-corrected chi connectivity index (χ4v) is 6.64. The lowest BCUT2D eigenvalue weighted by Gasteiger charge is -2.46. The number of benzene rings is 2. The van der Waals surface area contributed by atoms with Crippen LogP contribution in [-0.2, 0) is 0 Å². The van der Waals surface area contributed by atoms with E-state index < -0.39 is 0 Å². The highest BCUT2D eigenvalue weighted by Gasteiger charge is 2.53. The molecule has 0 saturated heterocycles. The molecule has 2 aromatic carbocycles. The zero-order chi connectivity index (χ0) is 24.4. The number of phenols is 2. The van der Waals surface area contributed by atoms with Gasteiger partial charge < -0.3 is 10.2 Å². The molecule has 0 aromatic heterocycles. The molecule has 2 N–H and O–H groups in total. The summed E-state index contributed by atoms with van der Waals surface area (Å²) in [7, 11) is 0. The van der Waals surface area contributed by atoms with Crippen LogP contribution in [0.15, 0.2) is 36.4 Å². The van der Waals surface area contributed by atoms with Gasteiger partial charge in [-0.2, -0.15) is 0 Å². The number of hydrogen-bond acceptors (Lipinski definition) is 2. The summed E-state index contributed by atoms with van der Waals surface area (Å²) in [5.41, 5.74) is 4.16. The third-order valence-electron chi connectivity index (χ3n) is 9.15. The number of aromatic hydroxyl groups is 2. The molecular weight excluding hydrogens is 404 g/mol. The summed E-state index contributed by atoms with van der Waals surface area (Å²) in [6.07, 6.45) is 7.84. The molecule has 0 spiro atoms. The van der Waals surface area contributed by atoms with Gasteiger partial charge >= 0.3 is 0 Å². The van der Waals surface area contributed by atoms with Crippen LogP contribution < -0.4 is 0 Å². The van der Waals surface area contributed by atoms with Gasteiger partial charge in [0.25, 0.3) is 0 Å². The van der Waals surface area contributed by atoms with Crippen LogP contribution in [0.5, 0.6) is 11.5 Å². The van der Waals surface area contributed by atoms with Crippen LogP contribution >= 0.6 is 0 Å². The third-order valence-corrected chi connectivity index (χ3v) is 9.15. The summed E-state index contributed by atoms with van der Waals surface area (Å²) in [6, 6.07) is 12.6. The zero-order valence-electron chi connectivity index (χ0n) is 22.0. The van der Waals surface area contributed by atoms with Crippen molar-refractivity contribution in [2.75, 3.05) is 0 Å². The molecule has 0 amide bonds. The Hall–Kier alpha value is -1.96. The fraction of sp³-hybridized carbons (Fsp3) is 0.613. The molecular formula is C31H46O2. The molecule has 3 rings (SSSR count). The molecule has 0 radical (unpaired) electrons. The van der Waals surface area contributed by atoms with Crippen LogP contribution in [0.25, 0.3) is 0 Å². The van der Waals surface area contributed by atoms with Gasteiger partial charge in [-0.25, -0.2) is 0 Å². The summed E-state index contributed by atoms with van der Waals surface area (Å²) in [5.74, 6) is 1.12. The van der Waals surface area contributed by atoms with Crippen LogP contribution in [0.4, 0.5) is 0 Å². The number of unbranched alkanes of at least 4 members (excludes halogenated alkanes) is 1. The minimum atomic E-state index is 0.0282. The van der Waals surface area contributed by atoms with Crippen molar-refractivity contribution in [3.63, 3.8) is 0 Å². The van der Waals surface area contributed by atoms with E-state index in [0.29, 0.717) is 11.5 Å². The van der Waals surface area contributed by atoms with Crippen molar-refractivity contribution in [2.45, 2.75) is 111 Å². The maximum Gasteiger partial charge on any atom is 0.126 e. The topological polar surface area (TPSA) is 40.5 Å². The molecule has 182 valence electrons. The highest BCUT2D eigenvalue weighted by Crippen LogP contribution is 2.68. The molecule has 2 aromatic rings. The van der Waals surface area contributed by atoms with Crippen molar-refractivity contribution in [1.29, 1.82) is 0 Å². The second-order valence-electron chi connectivity index (χ2n) is 11.1. The SMILES string of the molecule is CCCCC(C)(CC)C1c2cc(C(C)c3ccccc3)c(O)c(c2O)C1C(C)(CC)CCC. The molecule has 33 heavy (non-hydrogen) atoms. The lowest BCUT2D eigenvalue weighted by molar-refractivity contribution is 0.111. The average Bonchev–Trinajstić information content (AvgIpc) is 3.04. The number of fused-ring (bicyclic) bond motifs is 2. The molecule has 0 fully saturated rings. The predicted molar refractivity (Wildman–Crippen MR) is 140 cm³/mol. The van der Waals surface area contributed by atoms with E-state index in [-0.39, 0.29) is 28.6 Å². The maximum absolute atomic E-state index is 11.7. The second kappa shape index (κ2) is 10.1. The first kappa shape index (κ1) is 25.7. The van der Waals surface area contributed by atoms with Crippen LogP contribution in [0.3, 0.4) is 0 Å². The van der Waals surface area contributed by atoms with Gasteiger partial charge in [0.2, 0.25) is 0 Å². The van der Waals surface area contributed by atoms with Crippen LogP contribution in [-0.4, -0.2) is 10.2 Å². The summed E-state index contributed by atoms with van der Waals surface area (Å²) < 4.78 is 0. The van der Waals surface area contributed by atoms with Gasteiger partial charge in [-0.15, -0.1) is 0 Å². The van der Waals surface area contributed by atoms with Crippen molar-refractivity contribution < 1.29 is 10.2 Å². The molecule has 0 aliphatic heterocycles. The van der Waals surface area contributed by atoms with Crippen molar-refractivity contribution in [1.82, 2.24) is 0 Å². The quantitative estimate of drug-likeness (QED) is 0.358. The van der Waals surface area contributed by atoms with Crippen molar-refractivity contribution in [3.05, 3.63) is 58.7 Å². The van der Waals surface area contributed by atoms with Gasteiger partial charge in [0.1, 0.15) is 11.5 Å². The molecule has 2 heteroatoms. The van der Waals surface area contributed by atoms with Gasteiger partial charge in [-0.05, 0) is 40.9 Å². The van der Waals surface area contributed by atoms with E-state index in [9.17, 15) is 10.2 Å². The Bertz CT molecular complexity index is 934. The van der Waals surface area contributed by atoms with Gasteiger partial charge in [0.05, 0.1) is 0 Å². The predicted octanol–water partition coefficient (Wildman–Crippen LogP) is 9.25. The fourth-order valence-electron chi connectivity index (χ4n) is 6.64. The van der Waals surface area contributed by atoms with E-state index in [1.54, 1.807) is 0 Å². The van der Waals surface area contributed by atoms with E-state index in [1.165, 1.54) is 18.4 Å².